The van der Waals surface area contributed by atoms with Crippen LogP contribution < -0.4 is 10.6 Å². The van der Waals surface area contributed by atoms with Crippen LogP contribution in [0.25, 0.3) is 0 Å². The van der Waals surface area contributed by atoms with Crippen LogP contribution in [0.3, 0.4) is 0 Å². The zero-order valence-electron chi connectivity index (χ0n) is 11.2. The van der Waals surface area contributed by atoms with E-state index < -0.39 is 0 Å². The monoisotopic (exact) mass is 264 g/mol. The maximum Gasteiger partial charge on any atom is 0.227 e. The summed E-state index contributed by atoms with van der Waals surface area (Å²) in [6.07, 6.45) is 4.36. The number of hydrogen-bond acceptors (Lipinski definition) is 6. The fourth-order valence-electron chi connectivity index (χ4n) is 2.21. The zero-order valence-corrected chi connectivity index (χ0v) is 11.2. The number of nitrogens with zero attached hydrogens (tertiary/aromatic N) is 3. The first kappa shape index (κ1) is 13.8. The first-order valence-corrected chi connectivity index (χ1v) is 6.33. The minimum absolute atomic E-state index is 0.0122. The molecule has 0 bridgehead atoms. The molecule has 0 saturated carbocycles. The molecular formula is C13H20N4O2. The molecule has 0 radical (unpaired) electrons. The van der Waals surface area contributed by atoms with Gasteiger partial charge in [-0.1, -0.05) is 6.08 Å². The number of hydrogen-bond donors (Lipinski definition) is 1. The van der Waals surface area contributed by atoms with Gasteiger partial charge in [-0.3, -0.25) is 0 Å². The molecule has 0 aliphatic carbocycles. The highest BCUT2D eigenvalue weighted by Crippen LogP contribution is 2.20. The Morgan fingerprint density at radius 3 is 3.11 bits per heavy atom. The lowest BCUT2D eigenvalue weighted by atomic mass is 10.0. The molecule has 0 amide bonds. The molecule has 2 N–H and O–H groups in total. The number of anilines is 2. The first-order valence-electron chi connectivity index (χ1n) is 6.33. The molecule has 1 saturated heterocycles. The molecule has 1 aromatic rings. The van der Waals surface area contributed by atoms with Gasteiger partial charge in [-0.2, -0.15) is 4.98 Å². The highest BCUT2D eigenvalue weighted by molar-refractivity contribution is 5.38. The molecule has 2 rings (SSSR count). The molecule has 6 nitrogen and oxygen atoms in total. The smallest absolute Gasteiger partial charge is 0.227 e. The molecule has 19 heavy (non-hydrogen) atoms. The predicted molar refractivity (Wildman–Crippen MR) is 74.0 cm³/mol. The Hall–Kier alpha value is -1.66. The van der Waals surface area contributed by atoms with Gasteiger partial charge in [-0.25, -0.2) is 4.98 Å². The van der Waals surface area contributed by atoms with E-state index in [1.54, 1.807) is 25.4 Å². The first-order chi connectivity index (χ1) is 9.24. The van der Waals surface area contributed by atoms with Crippen molar-refractivity contribution in [3.63, 3.8) is 0 Å². The normalized spacial score (nSPS) is 23.3. The van der Waals surface area contributed by atoms with Gasteiger partial charge in [0.15, 0.2) is 0 Å². The van der Waals surface area contributed by atoms with Crippen LogP contribution in [0.15, 0.2) is 24.9 Å². The van der Waals surface area contributed by atoms with E-state index in [0.717, 1.165) is 13.0 Å². The Labute approximate surface area is 113 Å². The van der Waals surface area contributed by atoms with Crippen LogP contribution in [0.2, 0.25) is 0 Å². The van der Waals surface area contributed by atoms with Crippen LogP contribution in [0.4, 0.5) is 11.8 Å². The summed E-state index contributed by atoms with van der Waals surface area (Å²) >= 11 is 0. The third-order valence-electron chi connectivity index (χ3n) is 3.18. The summed E-state index contributed by atoms with van der Waals surface area (Å²) in [6.45, 7) is 5.69. The van der Waals surface area contributed by atoms with Gasteiger partial charge in [-0.05, 0) is 12.5 Å². The van der Waals surface area contributed by atoms with Crippen molar-refractivity contribution in [3.8, 4) is 0 Å². The summed E-state index contributed by atoms with van der Waals surface area (Å²) in [6, 6.07) is 1.68. The Kier molecular flexibility index (Phi) is 4.70. The number of aromatic nitrogens is 2. The van der Waals surface area contributed by atoms with E-state index in [0.29, 0.717) is 24.9 Å². The van der Waals surface area contributed by atoms with Crippen molar-refractivity contribution in [1.82, 2.24) is 9.97 Å². The second-order valence-corrected chi connectivity index (χ2v) is 4.45. The summed E-state index contributed by atoms with van der Waals surface area (Å²) < 4.78 is 11.2. The largest absolute Gasteiger partial charge is 0.384 e. The van der Waals surface area contributed by atoms with Crippen LogP contribution in [0.1, 0.15) is 6.42 Å². The quantitative estimate of drug-likeness (QED) is 0.795. The Morgan fingerprint density at radius 2 is 2.42 bits per heavy atom. The molecule has 0 unspecified atom stereocenters. The lowest BCUT2D eigenvalue weighted by molar-refractivity contribution is -0.0554. The van der Waals surface area contributed by atoms with Gasteiger partial charge in [0, 0.05) is 26.4 Å². The maximum atomic E-state index is 5.75. The summed E-state index contributed by atoms with van der Waals surface area (Å²) in [4.78, 5) is 10.6. The minimum atomic E-state index is -0.0122. The SMILES string of the molecule is C=CCO[C@@H]1CN(c2nccc(N)n2)CC[C@@H]1OC. The average molecular weight is 264 g/mol. The van der Waals surface area contributed by atoms with E-state index >= 15 is 0 Å². The van der Waals surface area contributed by atoms with E-state index in [1.807, 2.05) is 0 Å². The molecule has 0 spiro atoms. The molecule has 1 aliphatic rings. The third kappa shape index (κ3) is 3.42. The highest BCUT2D eigenvalue weighted by Gasteiger charge is 2.30. The molecule has 6 heteroatoms. The Balaban J connectivity index is 2.06. The van der Waals surface area contributed by atoms with Gasteiger partial charge in [0.05, 0.1) is 12.7 Å². The lowest BCUT2D eigenvalue weighted by Crippen LogP contribution is -2.49. The molecule has 1 aliphatic heterocycles. The van der Waals surface area contributed by atoms with Crippen LogP contribution in [0, 0.1) is 0 Å². The van der Waals surface area contributed by atoms with Gasteiger partial charge in [0.2, 0.25) is 5.95 Å². The van der Waals surface area contributed by atoms with Crippen molar-refractivity contribution in [2.45, 2.75) is 18.6 Å². The fourth-order valence-corrected chi connectivity index (χ4v) is 2.21. The van der Waals surface area contributed by atoms with E-state index in [4.69, 9.17) is 15.2 Å². The van der Waals surface area contributed by atoms with Crippen molar-refractivity contribution in [3.05, 3.63) is 24.9 Å². The van der Waals surface area contributed by atoms with Crippen LogP contribution in [0.5, 0.6) is 0 Å². The van der Waals surface area contributed by atoms with Crippen LogP contribution >= 0.6 is 0 Å². The number of ether oxygens (including phenoxy) is 2. The van der Waals surface area contributed by atoms with Crippen molar-refractivity contribution < 1.29 is 9.47 Å². The maximum absolute atomic E-state index is 5.75. The van der Waals surface area contributed by atoms with E-state index in [-0.39, 0.29) is 12.2 Å². The number of piperidine rings is 1. The van der Waals surface area contributed by atoms with Gasteiger partial charge >= 0.3 is 0 Å². The lowest BCUT2D eigenvalue weighted by Gasteiger charge is -2.37. The van der Waals surface area contributed by atoms with Crippen molar-refractivity contribution in [2.24, 2.45) is 0 Å². The molecule has 2 atom stereocenters. The standard InChI is InChI=1S/C13H20N4O2/c1-3-8-19-11-9-17(7-5-10(11)18-2)13-15-6-4-12(14)16-13/h3-4,6,10-11H,1,5,7-9H2,2H3,(H2,14,15,16)/t10-,11+/m0/s1. The van der Waals surface area contributed by atoms with E-state index in [1.165, 1.54) is 0 Å². The molecule has 1 aromatic heterocycles. The molecular weight excluding hydrogens is 244 g/mol. The third-order valence-corrected chi connectivity index (χ3v) is 3.18. The average Bonchev–Trinajstić information content (AvgIpc) is 2.44. The van der Waals surface area contributed by atoms with Crippen molar-refractivity contribution in [2.75, 3.05) is 37.4 Å². The molecule has 104 valence electrons. The zero-order chi connectivity index (χ0) is 13.7. The van der Waals surface area contributed by atoms with Crippen molar-refractivity contribution >= 4 is 11.8 Å². The van der Waals surface area contributed by atoms with Gasteiger partial charge < -0.3 is 20.1 Å². The Bertz CT molecular complexity index is 427. The van der Waals surface area contributed by atoms with Gasteiger partial charge in [-0.15, -0.1) is 6.58 Å². The number of rotatable bonds is 5. The summed E-state index contributed by atoms with van der Waals surface area (Å²) in [5.74, 6) is 1.11. The van der Waals surface area contributed by atoms with Gasteiger partial charge in [0.1, 0.15) is 11.9 Å². The molecule has 0 aromatic carbocycles. The second-order valence-electron chi connectivity index (χ2n) is 4.45. The fraction of sp³-hybridized carbons (Fsp3) is 0.538. The number of nitrogen functional groups attached to an aromatic ring is 1. The summed E-state index contributed by atoms with van der Waals surface area (Å²) in [5.41, 5.74) is 5.69. The van der Waals surface area contributed by atoms with E-state index in [2.05, 4.69) is 21.4 Å². The molecule has 2 heterocycles. The summed E-state index contributed by atoms with van der Waals surface area (Å²) in [5, 5.41) is 0. The van der Waals surface area contributed by atoms with Crippen LogP contribution in [-0.4, -0.2) is 49.0 Å². The molecule has 1 fully saturated rings. The topological polar surface area (TPSA) is 73.5 Å². The van der Waals surface area contributed by atoms with Crippen molar-refractivity contribution in [1.29, 1.82) is 0 Å². The predicted octanol–water partition coefficient (Wildman–Crippen LogP) is 0.855. The number of nitrogens with two attached hydrogens (primary N) is 1. The van der Waals surface area contributed by atoms with Gasteiger partial charge in [0.25, 0.3) is 0 Å². The van der Waals surface area contributed by atoms with Crippen LogP contribution in [-0.2, 0) is 9.47 Å². The second kappa shape index (κ2) is 6.49. The summed E-state index contributed by atoms with van der Waals surface area (Å²) in [7, 11) is 1.71. The Morgan fingerprint density at radius 1 is 1.58 bits per heavy atom. The van der Waals surface area contributed by atoms with E-state index in [9.17, 15) is 0 Å². The highest BCUT2D eigenvalue weighted by atomic mass is 16.5. The number of methoxy groups -OCH3 is 1. The minimum Gasteiger partial charge on any atom is -0.384 e.